The Morgan fingerprint density at radius 3 is 3.00 bits per heavy atom. The summed E-state index contributed by atoms with van der Waals surface area (Å²) in [6.45, 7) is 2.09. The highest BCUT2D eigenvalue weighted by molar-refractivity contribution is 9.10. The SMILES string of the molecule is CCOC(=O)c1ccc(Br)c(SC#N)c1. The van der Waals surface area contributed by atoms with E-state index >= 15 is 0 Å². The normalized spacial score (nSPS) is 9.40. The van der Waals surface area contributed by atoms with E-state index in [-0.39, 0.29) is 5.97 Å². The number of halogens is 1. The summed E-state index contributed by atoms with van der Waals surface area (Å²) in [6, 6.07) is 5.02. The summed E-state index contributed by atoms with van der Waals surface area (Å²) < 4.78 is 5.65. The first-order chi connectivity index (χ1) is 7.19. The zero-order valence-corrected chi connectivity index (χ0v) is 10.4. The number of esters is 1. The Bertz CT molecular complexity index is 414. The number of benzene rings is 1. The molecule has 0 aromatic heterocycles. The number of hydrogen-bond acceptors (Lipinski definition) is 4. The van der Waals surface area contributed by atoms with E-state index < -0.39 is 0 Å². The smallest absolute Gasteiger partial charge is 0.338 e. The van der Waals surface area contributed by atoms with Crippen molar-refractivity contribution in [3.05, 3.63) is 28.2 Å². The van der Waals surface area contributed by atoms with E-state index in [0.717, 1.165) is 16.2 Å². The van der Waals surface area contributed by atoms with Gasteiger partial charge in [-0.3, -0.25) is 0 Å². The van der Waals surface area contributed by atoms with E-state index in [1.807, 2.05) is 5.40 Å². The van der Waals surface area contributed by atoms with Crippen molar-refractivity contribution in [1.29, 1.82) is 5.26 Å². The van der Waals surface area contributed by atoms with Gasteiger partial charge in [-0.25, -0.2) is 4.79 Å². The molecular formula is C10H8BrNO2S. The predicted octanol–water partition coefficient (Wildman–Crippen LogP) is 3.20. The number of carbonyl (C=O) groups excluding carboxylic acids is 1. The second-order valence-electron chi connectivity index (χ2n) is 2.56. The highest BCUT2D eigenvalue weighted by Gasteiger charge is 2.09. The maximum atomic E-state index is 11.4. The third kappa shape index (κ3) is 3.26. The van der Waals surface area contributed by atoms with Crippen LogP contribution in [0, 0.1) is 10.7 Å². The lowest BCUT2D eigenvalue weighted by atomic mass is 10.2. The monoisotopic (exact) mass is 285 g/mol. The summed E-state index contributed by atoms with van der Waals surface area (Å²) in [6.07, 6.45) is 0. The highest BCUT2D eigenvalue weighted by Crippen LogP contribution is 2.27. The molecule has 0 amide bonds. The molecule has 3 nitrogen and oxygen atoms in total. The molecule has 0 unspecified atom stereocenters. The molecular weight excluding hydrogens is 278 g/mol. The van der Waals surface area contributed by atoms with E-state index in [9.17, 15) is 4.79 Å². The number of nitrogens with zero attached hydrogens (tertiary/aromatic N) is 1. The van der Waals surface area contributed by atoms with Gasteiger partial charge in [0.25, 0.3) is 0 Å². The second-order valence-corrected chi connectivity index (χ2v) is 4.24. The van der Waals surface area contributed by atoms with Crippen LogP contribution in [0.4, 0.5) is 0 Å². The van der Waals surface area contributed by atoms with Crippen molar-refractivity contribution in [3.63, 3.8) is 0 Å². The Kier molecular flexibility index (Phi) is 4.66. The number of carbonyl (C=O) groups is 1. The van der Waals surface area contributed by atoms with Gasteiger partial charge in [0.05, 0.1) is 12.2 Å². The van der Waals surface area contributed by atoms with Crippen LogP contribution in [-0.2, 0) is 4.74 Å². The number of hydrogen-bond donors (Lipinski definition) is 0. The molecule has 78 valence electrons. The van der Waals surface area contributed by atoms with Crippen molar-refractivity contribution in [2.75, 3.05) is 6.61 Å². The summed E-state index contributed by atoms with van der Waals surface area (Å²) >= 11 is 4.30. The fourth-order valence-electron chi connectivity index (χ4n) is 0.972. The molecule has 0 aliphatic carbocycles. The third-order valence-corrected chi connectivity index (χ3v) is 3.20. The van der Waals surface area contributed by atoms with E-state index in [0.29, 0.717) is 17.1 Å². The van der Waals surface area contributed by atoms with Crippen molar-refractivity contribution in [2.45, 2.75) is 11.8 Å². The zero-order valence-electron chi connectivity index (χ0n) is 7.99. The first kappa shape index (κ1) is 12.1. The maximum absolute atomic E-state index is 11.4. The number of ether oxygens (including phenoxy) is 1. The molecule has 0 spiro atoms. The van der Waals surface area contributed by atoms with E-state index in [1.165, 1.54) is 0 Å². The van der Waals surface area contributed by atoms with Crippen LogP contribution >= 0.6 is 27.7 Å². The summed E-state index contributed by atoms with van der Waals surface area (Å²) in [5.41, 5.74) is 0.456. The minimum atomic E-state index is -0.371. The Morgan fingerprint density at radius 2 is 2.40 bits per heavy atom. The van der Waals surface area contributed by atoms with Crippen molar-refractivity contribution >= 4 is 33.7 Å². The summed E-state index contributed by atoms with van der Waals surface area (Å²) in [7, 11) is 0. The first-order valence-electron chi connectivity index (χ1n) is 4.21. The standard InChI is InChI=1S/C10H8BrNO2S/c1-2-14-10(13)7-3-4-8(11)9(5-7)15-6-12/h3-5H,2H2,1H3. The Labute approximate surface area is 101 Å². The van der Waals surface area contributed by atoms with Crippen LogP contribution in [0.2, 0.25) is 0 Å². The average Bonchev–Trinajstić information content (AvgIpc) is 2.22. The van der Waals surface area contributed by atoms with Gasteiger partial charge in [-0.15, -0.1) is 0 Å². The molecule has 0 atom stereocenters. The predicted molar refractivity (Wildman–Crippen MR) is 61.6 cm³/mol. The van der Waals surface area contributed by atoms with Crippen molar-refractivity contribution in [1.82, 2.24) is 0 Å². The highest BCUT2D eigenvalue weighted by atomic mass is 79.9. The zero-order chi connectivity index (χ0) is 11.3. The average molecular weight is 286 g/mol. The lowest BCUT2D eigenvalue weighted by molar-refractivity contribution is 0.0526. The molecule has 15 heavy (non-hydrogen) atoms. The minimum absolute atomic E-state index is 0.343. The quantitative estimate of drug-likeness (QED) is 0.486. The molecule has 0 fully saturated rings. The Morgan fingerprint density at radius 1 is 1.67 bits per heavy atom. The molecule has 0 N–H and O–H groups in total. The maximum Gasteiger partial charge on any atom is 0.338 e. The topological polar surface area (TPSA) is 50.1 Å². The van der Waals surface area contributed by atoms with Crippen molar-refractivity contribution in [3.8, 4) is 5.40 Å². The van der Waals surface area contributed by atoms with Crippen LogP contribution in [-0.4, -0.2) is 12.6 Å². The van der Waals surface area contributed by atoms with E-state index in [4.69, 9.17) is 10.00 Å². The molecule has 0 saturated heterocycles. The van der Waals surface area contributed by atoms with Crippen LogP contribution in [0.5, 0.6) is 0 Å². The second kappa shape index (κ2) is 5.79. The van der Waals surface area contributed by atoms with Gasteiger partial charge in [-0.2, -0.15) is 5.26 Å². The Balaban J connectivity index is 2.97. The first-order valence-corrected chi connectivity index (χ1v) is 5.82. The fourth-order valence-corrected chi connectivity index (χ4v) is 1.91. The summed E-state index contributed by atoms with van der Waals surface area (Å²) in [5, 5.41) is 10.5. The molecule has 5 heteroatoms. The number of nitriles is 1. The Hall–Kier alpha value is -0.990. The molecule has 0 aliphatic heterocycles. The van der Waals surface area contributed by atoms with Gasteiger partial charge in [0, 0.05) is 9.37 Å². The lowest BCUT2D eigenvalue weighted by Crippen LogP contribution is -2.04. The number of rotatable bonds is 3. The minimum Gasteiger partial charge on any atom is -0.462 e. The van der Waals surface area contributed by atoms with Gasteiger partial charge in [-0.05, 0) is 52.8 Å². The molecule has 1 aromatic rings. The molecule has 0 aliphatic rings. The van der Waals surface area contributed by atoms with Crippen molar-refractivity contribution < 1.29 is 9.53 Å². The lowest BCUT2D eigenvalue weighted by Gasteiger charge is -2.04. The number of thioether (sulfide) groups is 1. The molecule has 0 radical (unpaired) electrons. The number of thiocyanates is 1. The van der Waals surface area contributed by atoms with Crippen LogP contribution in [0.15, 0.2) is 27.6 Å². The fraction of sp³-hybridized carbons (Fsp3) is 0.200. The molecule has 0 heterocycles. The molecule has 1 rings (SSSR count). The summed E-state index contributed by atoms with van der Waals surface area (Å²) in [5.74, 6) is -0.371. The van der Waals surface area contributed by atoms with E-state index in [1.54, 1.807) is 25.1 Å². The van der Waals surface area contributed by atoms with Gasteiger partial charge < -0.3 is 4.74 Å². The van der Waals surface area contributed by atoms with Crippen LogP contribution in [0.25, 0.3) is 0 Å². The summed E-state index contributed by atoms with van der Waals surface area (Å²) in [4.78, 5) is 12.1. The van der Waals surface area contributed by atoms with Crippen LogP contribution in [0.1, 0.15) is 17.3 Å². The van der Waals surface area contributed by atoms with Crippen LogP contribution in [0.3, 0.4) is 0 Å². The largest absolute Gasteiger partial charge is 0.462 e. The third-order valence-electron chi connectivity index (χ3n) is 1.60. The molecule has 0 bridgehead atoms. The van der Waals surface area contributed by atoms with E-state index in [2.05, 4.69) is 15.9 Å². The van der Waals surface area contributed by atoms with Gasteiger partial charge >= 0.3 is 5.97 Å². The van der Waals surface area contributed by atoms with Gasteiger partial charge in [-0.1, -0.05) is 0 Å². The molecule has 0 saturated carbocycles. The molecule has 1 aromatic carbocycles. The van der Waals surface area contributed by atoms with Crippen molar-refractivity contribution in [2.24, 2.45) is 0 Å². The van der Waals surface area contributed by atoms with Crippen LogP contribution < -0.4 is 0 Å². The van der Waals surface area contributed by atoms with Gasteiger partial charge in [0.15, 0.2) is 0 Å². The van der Waals surface area contributed by atoms with Gasteiger partial charge in [0.2, 0.25) is 0 Å². The van der Waals surface area contributed by atoms with Gasteiger partial charge in [0.1, 0.15) is 5.40 Å².